The van der Waals surface area contributed by atoms with Crippen LogP contribution in [0.25, 0.3) is 0 Å². The van der Waals surface area contributed by atoms with Crippen molar-refractivity contribution in [3.8, 4) is 5.75 Å². The predicted octanol–water partition coefficient (Wildman–Crippen LogP) is 8.54. The monoisotopic (exact) mass is 542 g/mol. The maximum atomic E-state index is 13.7. The second-order valence-electron chi connectivity index (χ2n) is 10.8. The lowest BCUT2D eigenvalue weighted by Gasteiger charge is -2.26. The van der Waals surface area contributed by atoms with Crippen LogP contribution < -0.4 is 4.74 Å². The highest BCUT2D eigenvalue weighted by Gasteiger charge is 2.17. The Balaban J connectivity index is 1.65. The molecule has 40 heavy (non-hydrogen) atoms. The van der Waals surface area contributed by atoms with Crippen molar-refractivity contribution < 1.29 is 9.53 Å². The van der Waals surface area contributed by atoms with E-state index in [1.54, 1.807) is 0 Å². The highest BCUT2D eigenvalue weighted by molar-refractivity contribution is 5.94. The van der Waals surface area contributed by atoms with E-state index < -0.39 is 0 Å². The van der Waals surface area contributed by atoms with Gasteiger partial charge in [-0.1, -0.05) is 94.6 Å². The van der Waals surface area contributed by atoms with Crippen LogP contribution in [0, 0.1) is 0 Å². The summed E-state index contributed by atoms with van der Waals surface area (Å²) >= 11 is 0. The third-order valence-electron chi connectivity index (χ3n) is 7.37. The number of benzene rings is 3. The van der Waals surface area contributed by atoms with Crippen LogP contribution in [0.5, 0.6) is 5.75 Å². The van der Waals surface area contributed by atoms with Gasteiger partial charge in [0.05, 0.1) is 0 Å². The molecule has 4 nitrogen and oxygen atoms in total. The smallest absolute Gasteiger partial charge is 0.254 e. The second kappa shape index (κ2) is 18.3. The van der Waals surface area contributed by atoms with E-state index in [2.05, 4.69) is 62.1 Å². The number of rotatable bonds is 19. The summed E-state index contributed by atoms with van der Waals surface area (Å²) in [5.74, 6) is 0.954. The molecule has 0 fully saturated rings. The van der Waals surface area contributed by atoms with Gasteiger partial charge in [0.2, 0.25) is 0 Å². The molecule has 3 aromatic carbocycles. The molecular weight excluding hydrogens is 492 g/mol. The largest absolute Gasteiger partial charge is 0.489 e. The summed E-state index contributed by atoms with van der Waals surface area (Å²) < 4.78 is 5.98. The standard InChI is InChI=1S/C36H50N2O2/c1-4-7-10-14-31-17-21-34(22-18-31)36(39)38(28-13-27-37(25-6-3)26-8-5-2)29-32-19-23-35(24-20-32)40-30-33-15-11-9-12-16-33/h9,11-12,15-24H,4-8,10,13-14,25-30H2,1-3H3. The summed E-state index contributed by atoms with van der Waals surface area (Å²) in [6.45, 7) is 11.9. The van der Waals surface area contributed by atoms with Gasteiger partial charge in [0.1, 0.15) is 12.4 Å². The number of ether oxygens (including phenoxy) is 1. The first kappa shape index (κ1) is 31.4. The van der Waals surface area contributed by atoms with Crippen molar-refractivity contribution in [1.29, 1.82) is 0 Å². The number of nitrogens with zero attached hydrogens (tertiary/aromatic N) is 2. The number of carbonyl (C=O) groups excluding carboxylic acids is 1. The molecule has 0 spiro atoms. The molecule has 0 saturated carbocycles. The third kappa shape index (κ3) is 11.2. The Morgan fingerprint density at radius 3 is 1.98 bits per heavy atom. The Morgan fingerprint density at radius 2 is 1.30 bits per heavy atom. The number of carbonyl (C=O) groups is 1. The summed E-state index contributed by atoms with van der Waals surface area (Å²) in [5, 5.41) is 0. The number of hydrogen-bond donors (Lipinski definition) is 0. The average Bonchev–Trinajstić information content (AvgIpc) is 2.99. The van der Waals surface area contributed by atoms with Gasteiger partial charge in [-0.2, -0.15) is 0 Å². The molecule has 0 N–H and O–H groups in total. The molecule has 3 aromatic rings. The van der Waals surface area contributed by atoms with Gasteiger partial charge >= 0.3 is 0 Å². The van der Waals surface area contributed by atoms with Crippen molar-refractivity contribution in [2.75, 3.05) is 26.2 Å². The number of aryl methyl sites for hydroxylation is 1. The van der Waals surface area contributed by atoms with Crippen molar-refractivity contribution in [3.63, 3.8) is 0 Å². The topological polar surface area (TPSA) is 32.8 Å². The van der Waals surface area contributed by atoms with E-state index in [1.807, 2.05) is 47.4 Å². The highest BCUT2D eigenvalue weighted by atomic mass is 16.5. The van der Waals surface area contributed by atoms with Crippen LogP contribution in [-0.2, 0) is 19.6 Å². The van der Waals surface area contributed by atoms with Gasteiger partial charge in [-0.15, -0.1) is 0 Å². The lowest BCUT2D eigenvalue weighted by Crippen LogP contribution is -2.34. The first-order chi connectivity index (χ1) is 19.6. The van der Waals surface area contributed by atoms with Crippen LogP contribution >= 0.6 is 0 Å². The van der Waals surface area contributed by atoms with Gasteiger partial charge in [-0.3, -0.25) is 4.79 Å². The van der Waals surface area contributed by atoms with Crippen molar-refractivity contribution in [1.82, 2.24) is 9.80 Å². The number of hydrogen-bond acceptors (Lipinski definition) is 3. The van der Waals surface area contributed by atoms with Gasteiger partial charge in [-0.05, 0) is 92.7 Å². The molecule has 0 aliphatic heterocycles. The van der Waals surface area contributed by atoms with Crippen molar-refractivity contribution >= 4 is 5.91 Å². The minimum absolute atomic E-state index is 0.111. The summed E-state index contributed by atoms with van der Waals surface area (Å²) in [4.78, 5) is 18.3. The zero-order valence-corrected chi connectivity index (χ0v) is 25.1. The fourth-order valence-corrected chi connectivity index (χ4v) is 5.00. The van der Waals surface area contributed by atoms with Crippen LogP contribution in [-0.4, -0.2) is 41.9 Å². The van der Waals surface area contributed by atoms with E-state index in [0.717, 1.165) is 67.9 Å². The van der Waals surface area contributed by atoms with E-state index in [9.17, 15) is 4.79 Å². The molecule has 0 unspecified atom stereocenters. The van der Waals surface area contributed by atoms with Gasteiger partial charge in [0.15, 0.2) is 0 Å². The van der Waals surface area contributed by atoms with E-state index >= 15 is 0 Å². The third-order valence-corrected chi connectivity index (χ3v) is 7.37. The fraction of sp³-hybridized carbons (Fsp3) is 0.472. The Labute approximate surface area is 243 Å². The molecular formula is C36H50N2O2. The van der Waals surface area contributed by atoms with Crippen molar-refractivity contribution in [3.05, 3.63) is 101 Å². The first-order valence-corrected chi connectivity index (χ1v) is 15.5. The molecule has 0 aliphatic rings. The minimum Gasteiger partial charge on any atom is -0.489 e. The maximum Gasteiger partial charge on any atom is 0.254 e. The zero-order chi connectivity index (χ0) is 28.4. The quantitative estimate of drug-likeness (QED) is 0.142. The first-order valence-electron chi connectivity index (χ1n) is 15.5. The zero-order valence-electron chi connectivity index (χ0n) is 25.1. The van der Waals surface area contributed by atoms with Gasteiger partial charge < -0.3 is 14.5 Å². The Bertz CT molecular complexity index is 1080. The van der Waals surface area contributed by atoms with E-state index in [4.69, 9.17) is 4.74 Å². The summed E-state index contributed by atoms with van der Waals surface area (Å²) in [7, 11) is 0. The maximum absolute atomic E-state index is 13.7. The molecule has 216 valence electrons. The number of unbranched alkanes of at least 4 members (excludes halogenated alkanes) is 3. The molecule has 0 aromatic heterocycles. The molecule has 3 rings (SSSR count). The van der Waals surface area contributed by atoms with Gasteiger partial charge in [0.25, 0.3) is 5.91 Å². The van der Waals surface area contributed by atoms with Gasteiger partial charge in [0, 0.05) is 18.7 Å². The molecule has 0 atom stereocenters. The summed E-state index contributed by atoms with van der Waals surface area (Å²) in [6.07, 6.45) is 9.33. The molecule has 0 aliphatic carbocycles. The van der Waals surface area contributed by atoms with E-state index in [0.29, 0.717) is 13.2 Å². The van der Waals surface area contributed by atoms with Crippen LogP contribution in [0.15, 0.2) is 78.9 Å². The molecule has 0 saturated heterocycles. The van der Waals surface area contributed by atoms with Crippen LogP contribution in [0.1, 0.15) is 92.8 Å². The Kier molecular flexibility index (Phi) is 14.4. The van der Waals surface area contributed by atoms with Crippen molar-refractivity contribution in [2.45, 2.75) is 85.3 Å². The van der Waals surface area contributed by atoms with Crippen LogP contribution in [0.4, 0.5) is 0 Å². The van der Waals surface area contributed by atoms with Crippen molar-refractivity contribution in [2.24, 2.45) is 0 Å². The van der Waals surface area contributed by atoms with Crippen LogP contribution in [0.3, 0.4) is 0 Å². The molecule has 0 heterocycles. The SMILES string of the molecule is CCCCCc1ccc(C(=O)N(CCCN(CCC)CCCC)Cc2ccc(OCc3ccccc3)cc2)cc1. The molecule has 0 bridgehead atoms. The Morgan fingerprint density at radius 1 is 0.625 bits per heavy atom. The highest BCUT2D eigenvalue weighted by Crippen LogP contribution is 2.18. The summed E-state index contributed by atoms with van der Waals surface area (Å²) in [6, 6.07) is 26.7. The lowest BCUT2D eigenvalue weighted by molar-refractivity contribution is 0.0734. The van der Waals surface area contributed by atoms with E-state index in [-0.39, 0.29) is 5.91 Å². The normalized spacial score (nSPS) is 11.1. The number of amides is 1. The van der Waals surface area contributed by atoms with E-state index in [1.165, 1.54) is 37.7 Å². The molecule has 0 radical (unpaired) electrons. The van der Waals surface area contributed by atoms with Crippen LogP contribution in [0.2, 0.25) is 0 Å². The Hall–Kier alpha value is -3.11. The molecule has 4 heteroatoms. The van der Waals surface area contributed by atoms with Gasteiger partial charge in [-0.25, -0.2) is 0 Å². The predicted molar refractivity (Wildman–Crippen MR) is 168 cm³/mol. The fourth-order valence-electron chi connectivity index (χ4n) is 5.00. The second-order valence-corrected chi connectivity index (χ2v) is 10.8. The summed E-state index contributed by atoms with van der Waals surface area (Å²) in [5.41, 5.74) is 4.36. The molecule has 1 amide bonds. The average molecular weight is 543 g/mol. The lowest BCUT2D eigenvalue weighted by atomic mass is 10.0. The minimum atomic E-state index is 0.111.